The van der Waals surface area contributed by atoms with Crippen LogP contribution >= 0.6 is 0 Å². The number of benzene rings is 2. The Morgan fingerprint density at radius 1 is 1.22 bits per heavy atom. The molecule has 0 radical (unpaired) electrons. The summed E-state index contributed by atoms with van der Waals surface area (Å²) in [6, 6.07) is 12.9. The van der Waals surface area contributed by atoms with Crippen molar-refractivity contribution < 1.29 is 4.74 Å². The van der Waals surface area contributed by atoms with E-state index in [4.69, 9.17) is 11.2 Å². The van der Waals surface area contributed by atoms with Crippen LogP contribution in [0.3, 0.4) is 0 Å². The average Bonchev–Trinajstić information content (AvgIpc) is 2.38. The van der Waals surface area contributed by atoms with Crippen LogP contribution in [0.2, 0.25) is 0 Å². The van der Waals surface area contributed by atoms with E-state index in [1.807, 2.05) is 0 Å². The van der Waals surface area contributed by atoms with E-state index in [9.17, 15) is 0 Å². The summed E-state index contributed by atoms with van der Waals surface area (Å²) in [6.07, 6.45) is 5.18. The molecule has 18 heavy (non-hydrogen) atoms. The van der Waals surface area contributed by atoms with E-state index < -0.39 is 0 Å². The van der Waals surface area contributed by atoms with Gasteiger partial charge in [0, 0.05) is 0 Å². The molecule has 0 heterocycles. The van der Waals surface area contributed by atoms with Crippen molar-refractivity contribution in [3.63, 3.8) is 0 Å². The first-order valence-corrected chi connectivity index (χ1v) is 6.25. The Kier molecular flexibility index (Phi) is 4.02. The maximum atomic E-state index is 5.42. The SMILES string of the molecule is C#CCOCc1cccc2cc(C(C)C)ccc12. The maximum Gasteiger partial charge on any atom is 0.107 e. The molecule has 0 aliphatic heterocycles. The van der Waals surface area contributed by atoms with Gasteiger partial charge in [0.25, 0.3) is 0 Å². The monoisotopic (exact) mass is 238 g/mol. The summed E-state index contributed by atoms with van der Waals surface area (Å²) in [5.41, 5.74) is 2.56. The minimum atomic E-state index is 0.362. The zero-order chi connectivity index (χ0) is 13.0. The van der Waals surface area contributed by atoms with Gasteiger partial charge in [0.05, 0.1) is 6.61 Å². The third-order valence-electron chi connectivity index (χ3n) is 3.10. The summed E-state index contributed by atoms with van der Waals surface area (Å²) in [5, 5.41) is 2.52. The number of rotatable bonds is 4. The highest BCUT2D eigenvalue weighted by Gasteiger charge is 2.04. The van der Waals surface area contributed by atoms with E-state index in [0.29, 0.717) is 19.1 Å². The van der Waals surface area contributed by atoms with Gasteiger partial charge in [-0.1, -0.05) is 56.2 Å². The molecule has 92 valence electrons. The number of ether oxygens (including phenoxy) is 1. The number of hydrogen-bond acceptors (Lipinski definition) is 1. The number of hydrogen-bond donors (Lipinski definition) is 0. The molecule has 2 aromatic rings. The van der Waals surface area contributed by atoms with Crippen LogP contribution in [0.1, 0.15) is 30.9 Å². The smallest absolute Gasteiger partial charge is 0.107 e. The zero-order valence-corrected chi connectivity index (χ0v) is 10.9. The quantitative estimate of drug-likeness (QED) is 0.575. The molecule has 0 saturated carbocycles. The third kappa shape index (κ3) is 2.72. The van der Waals surface area contributed by atoms with Crippen molar-refractivity contribution in [1.82, 2.24) is 0 Å². The molecule has 0 aliphatic rings. The molecule has 1 nitrogen and oxygen atoms in total. The fraction of sp³-hybridized carbons (Fsp3) is 0.294. The molecule has 2 rings (SSSR count). The first-order valence-electron chi connectivity index (χ1n) is 6.25. The lowest BCUT2D eigenvalue weighted by molar-refractivity contribution is 0.154. The largest absolute Gasteiger partial charge is 0.364 e. The predicted octanol–water partition coefficient (Wildman–Crippen LogP) is 4.11. The highest BCUT2D eigenvalue weighted by molar-refractivity contribution is 5.86. The van der Waals surface area contributed by atoms with Gasteiger partial charge in [-0.2, -0.15) is 0 Å². The molecule has 0 fully saturated rings. The standard InChI is InChI=1S/C17H18O/c1-4-10-18-12-16-7-5-6-15-11-14(13(2)3)8-9-17(15)16/h1,5-9,11,13H,10,12H2,2-3H3. The Hall–Kier alpha value is -1.78. The number of terminal acetylenes is 1. The predicted molar refractivity (Wildman–Crippen MR) is 76.5 cm³/mol. The van der Waals surface area contributed by atoms with Gasteiger partial charge in [0.2, 0.25) is 0 Å². The van der Waals surface area contributed by atoms with Gasteiger partial charge in [0.15, 0.2) is 0 Å². The van der Waals surface area contributed by atoms with E-state index in [0.717, 1.165) is 0 Å². The average molecular weight is 238 g/mol. The Labute approximate surface area is 109 Å². The van der Waals surface area contributed by atoms with Gasteiger partial charge in [-0.3, -0.25) is 0 Å². The van der Waals surface area contributed by atoms with Gasteiger partial charge >= 0.3 is 0 Å². The van der Waals surface area contributed by atoms with Crippen LogP contribution in [0.4, 0.5) is 0 Å². The maximum absolute atomic E-state index is 5.42. The fourth-order valence-corrected chi connectivity index (χ4v) is 2.07. The van der Waals surface area contributed by atoms with Crippen LogP contribution in [-0.4, -0.2) is 6.61 Å². The molecule has 0 saturated heterocycles. The van der Waals surface area contributed by atoms with Gasteiger partial charge in [-0.05, 0) is 27.8 Å². The van der Waals surface area contributed by atoms with E-state index in [1.165, 1.54) is 21.9 Å². The second-order valence-electron chi connectivity index (χ2n) is 4.75. The summed E-state index contributed by atoms with van der Waals surface area (Å²) in [4.78, 5) is 0. The Balaban J connectivity index is 2.35. The topological polar surface area (TPSA) is 9.23 Å². The molecule has 1 heteroatoms. The Bertz CT molecular complexity index is 576. The Morgan fingerprint density at radius 2 is 2.06 bits per heavy atom. The van der Waals surface area contributed by atoms with Gasteiger partial charge < -0.3 is 4.74 Å². The molecule has 0 unspecified atom stereocenters. The lowest BCUT2D eigenvalue weighted by Crippen LogP contribution is -1.95. The van der Waals surface area contributed by atoms with Crippen molar-refractivity contribution in [2.24, 2.45) is 0 Å². The van der Waals surface area contributed by atoms with Crippen molar-refractivity contribution >= 4 is 10.8 Å². The highest BCUT2D eigenvalue weighted by atomic mass is 16.5. The van der Waals surface area contributed by atoms with Gasteiger partial charge in [0.1, 0.15) is 6.61 Å². The summed E-state index contributed by atoms with van der Waals surface area (Å²) in [6.45, 7) is 5.35. The van der Waals surface area contributed by atoms with Crippen LogP contribution in [0.25, 0.3) is 10.8 Å². The Morgan fingerprint density at radius 3 is 2.78 bits per heavy atom. The van der Waals surface area contributed by atoms with E-state index in [2.05, 4.69) is 56.2 Å². The summed E-state index contributed by atoms with van der Waals surface area (Å²) in [5.74, 6) is 3.04. The summed E-state index contributed by atoms with van der Waals surface area (Å²) < 4.78 is 5.42. The molecule has 0 amide bonds. The summed E-state index contributed by atoms with van der Waals surface area (Å²) in [7, 11) is 0. The van der Waals surface area contributed by atoms with Crippen molar-refractivity contribution in [3.05, 3.63) is 47.5 Å². The molecule has 0 aromatic heterocycles. The lowest BCUT2D eigenvalue weighted by Gasteiger charge is -2.10. The first-order chi connectivity index (χ1) is 8.72. The zero-order valence-electron chi connectivity index (χ0n) is 10.9. The van der Waals surface area contributed by atoms with Crippen molar-refractivity contribution in [1.29, 1.82) is 0 Å². The fourth-order valence-electron chi connectivity index (χ4n) is 2.07. The second kappa shape index (κ2) is 5.71. The molecule has 0 spiro atoms. The van der Waals surface area contributed by atoms with Crippen molar-refractivity contribution in [2.75, 3.05) is 6.61 Å². The molecule has 0 atom stereocenters. The van der Waals surface area contributed by atoms with E-state index in [1.54, 1.807) is 0 Å². The van der Waals surface area contributed by atoms with Gasteiger partial charge in [-0.25, -0.2) is 0 Å². The number of fused-ring (bicyclic) bond motifs is 1. The van der Waals surface area contributed by atoms with Crippen LogP contribution < -0.4 is 0 Å². The second-order valence-corrected chi connectivity index (χ2v) is 4.75. The summed E-state index contributed by atoms with van der Waals surface area (Å²) >= 11 is 0. The van der Waals surface area contributed by atoms with Crippen molar-refractivity contribution in [3.8, 4) is 12.3 Å². The van der Waals surface area contributed by atoms with Crippen LogP contribution in [0, 0.1) is 12.3 Å². The molecule has 0 N–H and O–H groups in total. The first kappa shape index (κ1) is 12.7. The van der Waals surface area contributed by atoms with Gasteiger partial charge in [-0.15, -0.1) is 6.42 Å². The molecular weight excluding hydrogens is 220 g/mol. The van der Waals surface area contributed by atoms with E-state index >= 15 is 0 Å². The highest BCUT2D eigenvalue weighted by Crippen LogP contribution is 2.24. The molecule has 0 bridgehead atoms. The minimum Gasteiger partial charge on any atom is -0.364 e. The lowest BCUT2D eigenvalue weighted by atomic mass is 9.97. The van der Waals surface area contributed by atoms with Crippen LogP contribution in [-0.2, 0) is 11.3 Å². The molecular formula is C17H18O. The molecule has 2 aromatic carbocycles. The molecule has 0 aliphatic carbocycles. The van der Waals surface area contributed by atoms with Crippen LogP contribution in [0.15, 0.2) is 36.4 Å². The van der Waals surface area contributed by atoms with Crippen LogP contribution in [0.5, 0.6) is 0 Å². The third-order valence-corrected chi connectivity index (χ3v) is 3.10. The van der Waals surface area contributed by atoms with Crippen molar-refractivity contribution in [2.45, 2.75) is 26.4 Å². The normalized spacial score (nSPS) is 10.8. The minimum absolute atomic E-state index is 0.362. The van der Waals surface area contributed by atoms with E-state index in [-0.39, 0.29) is 0 Å².